The van der Waals surface area contributed by atoms with Gasteiger partial charge in [0.15, 0.2) is 0 Å². The average molecular weight is 347 g/mol. The van der Waals surface area contributed by atoms with Crippen molar-refractivity contribution < 1.29 is 9.53 Å². The van der Waals surface area contributed by atoms with Gasteiger partial charge in [-0.1, -0.05) is 17.7 Å². The Balaban J connectivity index is 2.11. The summed E-state index contributed by atoms with van der Waals surface area (Å²) in [6.07, 6.45) is 0. The first-order chi connectivity index (χ1) is 8.59. The fourth-order valence-electron chi connectivity index (χ4n) is 1.39. The Bertz CT molecular complexity index is 565. The lowest BCUT2D eigenvalue weighted by atomic mass is 10.2. The molecule has 1 aromatic carbocycles. The number of halogens is 2. The van der Waals surface area contributed by atoms with Gasteiger partial charge in [0.05, 0.1) is 9.90 Å². The molecule has 0 saturated heterocycles. The van der Waals surface area contributed by atoms with E-state index in [1.807, 2.05) is 11.4 Å². The minimum atomic E-state index is -0.515. The zero-order valence-corrected chi connectivity index (χ0v) is 12.3. The second-order valence-corrected chi connectivity index (χ2v) is 5.73. The number of hydrogen-bond acceptors (Lipinski definition) is 4. The molecule has 0 aliphatic heterocycles. The van der Waals surface area contributed by atoms with Gasteiger partial charge >= 0.3 is 5.97 Å². The van der Waals surface area contributed by atoms with Crippen molar-refractivity contribution in [2.45, 2.75) is 6.61 Å². The van der Waals surface area contributed by atoms with E-state index < -0.39 is 5.97 Å². The van der Waals surface area contributed by atoms with E-state index in [-0.39, 0.29) is 12.2 Å². The summed E-state index contributed by atoms with van der Waals surface area (Å²) in [6, 6.07) is 6.81. The molecule has 0 saturated carbocycles. The van der Waals surface area contributed by atoms with Crippen molar-refractivity contribution in [1.29, 1.82) is 0 Å². The van der Waals surface area contributed by atoms with Crippen LogP contribution in [0.25, 0.3) is 0 Å². The lowest BCUT2D eigenvalue weighted by Crippen LogP contribution is -2.08. The molecule has 2 N–H and O–H groups in total. The minimum absolute atomic E-state index is 0.196. The van der Waals surface area contributed by atoms with E-state index in [4.69, 9.17) is 22.1 Å². The number of nitrogen functional groups attached to an aromatic ring is 1. The van der Waals surface area contributed by atoms with Gasteiger partial charge in [-0.3, -0.25) is 0 Å². The van der Waals surface area contributed by atoms with Crippen LogP contribution in [0.2, 0.25) is 5.02 Å². The maximum atomic E-state index is 11.9. The monoisotopic (exact) mass is 345 g/mol. The van der Waals surface area contributed by atoms with Gasteiger partial charge in [0.25, 0.3) is 0 Å². The fourth-order valence-corrected chi connectivity index (χ4v) is 3.02. The molecule has 0 aliphatic rings. The highest BCUT2D eigenvalue weighted by Crippen LogP contribution is 2.26. The van der Waals surface area contributed by atoms with Crippen LogP contribution in [0.5, 0.6) is 0 Å². The highest BCUT2D eigenvalue weighted by Gasteiger charge is 2.16. The molecule has 1 heterocycles. The number of nitrogens with two attached hydrogens (primary N) is 1. The topological polar surface area (TPSA) is 52.3 Å². The summed E-state index contributed by atoms with van der Waals surface area (Å²) >= 11 is 10.8. The van der Waals surface area contributed by atoms with Gasteiger partial charge in [-0.25, -0.2) is 4.79 Å². The molecule has 0 amide bonds. The van der Waals surface area contributed by atoms with Crippen molar-refractivity contribution >= 4 is 50.5 Å². The van der Waals surface area contributed by atoms with Crippen molar-refractivity contribution in [1.82, 2.24) is 0 Å². The molecule has 94 valence electrons. The van der Waals surface area contributed by atoms with E-state index in [1.165, 1.54) is 11.3 Å². The van der Waals surface area contributed by atoms with Crippen LogP contribution < -0.4 is 5.73 Å². The van der Waals surface area contributed by atoms with Gasteiger partial charge in [0.2, 0.25) is 0 Å². The smallest absolute Gasteiger partial charge is 0.342 e. The molecule has 0 unspecified atom stereocenters. The van der Waals surface area contributed by atoms with Gasteiger partial charge < -0.3 is 10.5 Å². The summed E-state index contributed by atoms with van der Waals surface area (Å²) in [4.78, 5) is 12.8. The normalized spacial score (nSPS) is 10.3. The first kappa shape index (κ1) is 13.4. The van der Waals surface area contributed by atoms with Crippen LogP contribution in [-0.4, -0.2) is 5.97 Å². The standard InChI is InChI=1S/C12H9BrClNO2S/c13-7-4-5-18-10(7)6-17-12(16)11-8(14)2-1-3-9(11)15/h1-5H,6,15H2. The number of carbonyl (C=O) groups excluding carboxylic acids is 1. The molecule has 3 nitrogen and oxygen atoms in total. The summed E-state index contributed by atoms with van der Waals surface area (Å²) in [6.45, 7) is 0.196. The molecule has 0 atom stereocenters. The van der Waals surface area contributed by atoms with Crippen molar-refractivity contribution in [2.75, 3.05) is 5.73 Å². The van der Waals surface area contributed by atoms with Gasteiger partial charge in [0, 0.05) is 10.2 Å². The number of carbonyl (C=O) groups is 1. The summed E-state index contributed by atoms with van der Waals surface area (Å²) in [5.74, 6) is -0.515. The lowest BCUT2D eigenvalue weighted by Gasteiger charge is -2.07. The molecule has 0 fully saturated rings. The third-order valence-electron chi connectivity index (χ3n) is 2.28. The molecule has 0 bridgehead atoms. The van der Waals surface area contributed by atoms with Crippen LogP contribution in [-0.2, 0) is 11.3 Å². The van der Waals surface area contributed by atoms with Crippen molar-refractivity contribution in [2.24, 2.45) is 0 Å². The molecule has 2 aromatic rings. The third-order valence-corrected chi connectivity index (χ3v) is 4.49. The summed E-state index contributed by atoms with van der Waals surface area (Å²) < 4.78 is 6.12. The van der Waals surface area contributed by atoms with Gasteiger partial charge in [-0.2, -0.15) is 0 Å². The largest absolute Gasteiger partial charge is 0.456 e. The quantitative estimate of drug-likeness (QED) is 0.672. The Morgan fingerprint density at radius 3 is 2.83 bits per heavy atom. The Labute approximate surface area is 122 Å². The number of ether oxygens (including phenoxy) is 1. The van der Waals surface area contributed by atoms with Crippen molar-refractivity contribution in [3.8, 4) is 0 Å². The molecule has 1 aromatic heterocycles. The Hall–Kier alpha value is -1.04. The summed E-state index contributed by atoms with van der Waals surface area (Å²) in [5.41, 5.74) is 6.24. The molecule has 18 heavy (non-hydrogen) atoms. The lowest BCUT2D eigenvalue weighted by molar-refractivity contribution is 0.0477. The summed E-state index contributed by atoms with van der Waals surface area (Å²) in [5, 5.41) is 2.21. The Morgan fingerprint density at radius 2 is 2.22 bits per heavy atom. The van der Waals surface area contributed by atoms with Crippen LogP contribution in [0.1, 0.15) is 15.2 Å². The number of thiophene rings is 1. The van der Waals surface area contributed by atoms with Crippen LogP contribution >= 0.6 is 38.9 Å². The zero-order chi connectivity index (χ0) is 13.1. The number of rotatable bonds is 3. The van der Waals surface area contributed by atoms with E-state index in [2.05, 4.69) is 15.9 Å². The van der Waals surface area contributed by atoms with E-state index in [9.17, 15) is 4.79 Å². The number of esters is 1. The average Bonchev–Trinajstić information content (AvgIpc) is 2.72. The third kappa shape index (κ3) is 2.85. The van der Waals surface area contributed by atoms with Crippen LogP contribution in [0.4, 0.5) is 5.69 Å². The molecule has 2 rings (SSSR count). The molecule has 6 heteroatoms. The maximum absolute atomic E-state index is 11.9. The van der Waals surface area contributed by atoms with Crippen molar-refractivity contribution in [3.05, 3.63) is 49.6 Å². The molecular formula is C12H9BrClNO2S. The first-order valence-electron chi connectivity index (χ1n) is 5.02. The molecule has 0 spiro atoms. The van der Waals surface area contributed by atoms with E-state index >= 15 is 0 Å². The molecular weight excluding hydrogens is 338 g/mol. The SMILES string of the molecule is Nc1cccc(Cl)c1C(=O)OCc1sccc1Br. The minimum Gasteiger partial charge on any atom is -0.456 e. The van der Waals surface area contributed by atoms with Crippen LogP contribution in [0.3, 0.4) is 0 Å². The fraction of sp³-hybridized carbons (Fsp3) is 0.0833. The Morgan fingerprint density at radius 1 is 1.44 bits per heavy atom. The molecule has 0 aliphatic carbocycles. The molecule has 0 radical (unpaired) electrons. The van der Waals surface area contributed by atoms with Crippen LogP contribution in [0, 0.1) is 0 Å². The zero-order valence-electron chi connectivity index (χ0n) is 9.15. The highest BCUT2D eigenvalue weighted by atomic mass is 79.9. The number of anilines is 1. The summed E-state index contributed by atoms with van der Waals surface area (Å²) in [7, 11) is 0. The van der Waals surface area contributed by atoms with Gasteiger partial charge in [0.1, 0.15) is 12.2 Å². The van der Waals surface area contributed by atoms with E-state index in [0.29, 0.717) is 10.7 Å². The first-order valence-corrected chi connectivity index (χ1v) is 7.07. The van der Waals surface area contributed by atoms with Crippen LogP contribution in [0.15, 0.2) is 34.1 Å². The predicted molar refractivity (Wildman–Crippen MR) is 77.0 cm³/mol. The Kier molecular flexibility index (Phi) is 4.27. The second kappa shape index (κ2) is 5.73. The van der Waals surface area contributed by atoms with Gasteiger partial charge in [-0.05, 0) is 39.5 Å². The maximum Gasteiger partial charge on any atom is 0.342 e. The highest BCUT2D eigenvalue weighted by molar-refractivity contribution is 9.10. The number of benzene rings is 1. The second-order valence-electron chi connectivity index (χ2n) is 3.47. The van der Waals surface area contributed by atoms with Gasteiger partial charge in [-0.15, -0.1) is 11.3 Å². The van der Waals surface area contributed by atoms with E-state index in [1.54, 1.807) is 18.2 Å². The number of hydrogen-bond donors (Lipinski definition) is 1. The van der Waals surface area contributed by atoms with E-state index in [0.717, 1.165) is 9.35 Å². The predicted octanol–water partition coefficient (Wildman–Crippen LogP) is 4.10. The van der Waals surface area contributed by atoms with Crippen molar-refractivity contribution in [3.63, 3.8) is 0 Å².